The first-order valence-corrected chi connectivity index (χ1v) is 13.2. The Morgan fingerprint density at radius 2 is 1.66 bits per heavy atom. The first kappa shape index (κ1) is 26.8. The van der Waals surface area contributed by atoms with Crippen LogP contribution < -0.4 is 10.2 Å². The van der Waals surface area contributed by atoms with Crippen molar-refractivity contribution in [3.8, 4) is 0 Å². The molecule has 0 aliphatic heterocycles. The van der Waals surface area contributed by atoms with Gasteiger partial charge in [-0.2, -0.15) is 0 Å². The van der Waals surface area contributed by atoms with E-state index in [4.69, 9.17) is 0 Å². The number of anilines is 2. The highest BCUT2D eigenvalue weighted by Gasteiger charge is 2.30. The zero-order valence-electron chi connectivity index (χ0n) is 22.4. The van der Waals surface area contributed by atoms with E-state index in [1.54, 1.807) is 0 Å². The van der Waals surface area contributed by atoms with Crippen molar-refractivity contribution in [1.29, 1.82) is 0 Å². The van der Waals surface area contributed by atoms with Crippen LogP contribution in [0.5, 0.6) is 0 Å². The fraction of sp³-hybridized carbons (Fsp3) is 0.533. The van der Waals surface area contributed by atoms with Gasteiger partial charge >= 0.3 is 0 Å². The SMILES string of the molecule is CC[C@H](C(=O)N(Cc1cc(NC(=O)C2CCCC2)ccc1N(C)C)[C@H](C)C(C)C)c1ccccc1. The van der Waals surface area contributed by atoms with Gasteiger partial charge in [0, 0.05) is 44.0 Å². The highest BCUT2D eigenvalue weighted by Crippen LogP contribution is 2.31. The van der Waals surface area contributed by atoms with E-state index < -0.39 is 0 Å². The van der Waals surface area contributed by atoms with Crippen LogP contribution in [-0.2, 0) is 16.1 Å². The van der Waals surface area contributed by atoms with Crippen LogP contribution in [0.15, 0.2) is 48.5 Å². The summed E-state index contributed by atoms with van der Waals surface area (Å²) >= 11 is 0. The van der Waals surface area contributed by atoms with Crippen molar-refractivity contribution in [3.05, 3.63) is 59.7 Å². The van der Waals surface area contributed by atoms with E-state index in [2.05, 4.69) is 62.2 Å². The molecule has 1 aliphatic rings. The summed E-state index contributed by atoms with van der Waals surface area (Å²) in [5.41, 5.74) is 3.97. The van der Waals surface area contributed by atoms with E-state index in [-0.39, 0.29) is 29.7 Å². The lowest BCUT2D eigenvalue weighted by Gasteiger charge is -2.36. The number of nitrogens with one attached hydrogen (secondary N) is 1. The molecule has 1 N–H and O–H groups in total. The zero-order valence-corrected chi connectivity index (χ0v) is 22.4. The molecule has 1 saturated carbocycles. The van der Waals surface area contributed by atoms with Crippen molar-refractivity contribution < 1.29 is 9.59 Å². The van der Waals surface area contributed by atoms with Gasteiger partial charge in [0.15, 0.2) is 0 Å². The molecule has 1 aliphatic carbocycles. The summed E-state index contributed by atoms with van der Waals surface area (Å²) in [6, 6.07) is 16.3. The van der Waals surface area contributed by atoms with Crippen molar-refractivity contribution in [1.82, 2.24) is 4.90 Å². The third-order valence-electron chi connectivity index (χ3n) is 7.54. The number of rotatable bonds is 10. The first-order chi connectivity index (χ1) is 16.7. The van der Waals surface area contributed by atoms with Crippen molar-refractivity contribution in [2.75, 3.05) is 24.3 Å². The van der Waals surface area contributed by atoms with Crippen LogP contribution in [0.4, 0.5) is 11.4 Å². The maximum Gasteiger partial charge on any atom is 0.230 e. The normalized spacial score (nSPS) is 15.6. The lowest BCUT2D eigenvalue weighted by atomic mass is 9.92. The number of carbonyl (C=O) groups excluding carboxylic acids is 2. The summed E-state index contributed by atoms with van der Waals surface area (Å²) in [6.07, 6.45) is 4.96. The van der Waals surface area contributed by atoms with Crippen molar-refractivity contribution in [2.45, 2.75) is 78.3 Å². The summed E-state index contributed by atoms with van der Waals surface area (Å²) in [6.45, 7) is 9.06. The second kappa shape index (κ2) is 12.2. The van der Waals surface area contributed by atoms with Crippen LogP contribution in [0.1, 0.15) is 76.8 Å². The highest BCUT2D eigenvalue weighted by molar-refractivity contribution is 5.93. The fourth-order valence-corrected chi connectivity index (χ4v) is 5.06. The first-order valence-electron chi connectivity index (χ1n) is 13.2. The van der Waals surface area contributed by atoms with Crippen molar-refractivity contribution in [3.63, 3.8) is 0 Å². The monoisotopic (exact) mass is 477 g/mol. The van der Waals surface area contributed by atoms with Gasteiger partial charge in [-0.05, 0) is 61.4 Å². The molecule has 0 saturated heterocycles. The predicted molar refractivity (Wildman–Crippen MR) is 146 cm³/mol. The van der Waals surface area contributed by atoms with Gasteiger partial charge in [-0.15, -0.1) is 0 Å². The third-order valence-corrected chi connectivity index (χ3v) is 7.54. The van der Waals surface area contributed by atoms with Crippen LogP contribution in [0.25, 0.3) is 0 Å². The van der Waals surface area contributed by atoms with Crippen LogP contribution in [0, 0.1) is 11.8 Å². The van der Waals surface area contributed by atoms with E-state index in [0.717, 1.165) is 54.6 Å². The number of nitrogens with zero attached hydrogens (tertiary/aromatic N) is 2. The quantitative estimate of drug-likeness (QED) is 0.428. The molecule has 0 aromatic heterocycles. The molecule has 2 amide bonds. The highest BCUT2D eigenvalue weighted by atomic mass is 16.2. The molecule has 0 unspecified atom stereocenters. The molecule has 1 fully saturated rings. The Morgan fingerprint density at radius 1 is 1.00 bits per heavy atom. The number of amides is 2. The van der Waals surface area contributed by atoms with E-state index in [1.807, 2.05) is 43.3 Å². The largest absolute Gasteiger partial charge is 0.377 e. The zero-order chi connectivity index (χ0) is 25.5. The van der Waals surface area contributed by atoms with Gasteiger partial charge in [0.2, 0.25) is 11.8 Å². The minimum absolute atomic E-state index is 0.0759. The molecule has 190 valence electrons. The van der Waals surface area contributed by atoms with Gasteiger partial charge in [0.05, 0.1) is 5.92 Å². The van der Waals surface area contributed by atoms with Crippen LogP contribution in [-0.4, -0.2) is 36.9 Å². The van der Waals surface area contributed by atoms with Gasteiger partial charge in [0.25, 0.3) is 0 Å². The van der Waals surface area contributed by atoms with E-state index >= 15 is 0 Å². The molecule has 0 heterocycles. The van der Waals surface area contributed by atoms with Gasteiger partial charge in [-0.3, -0.25) is 9.59 Å². The smallest absolute Gasteiger partial charge is 0.230 e. The van der Waals surface area contributed by atoms with E-state index in [9.17, 15) is 9.59 Å². The fourth-order valence-electron chi connectivity index (χ4n) is 5.06. The maximum absolute atomic E-state index is 14.0. The van der Waals surface area contributed by atoms with E-state index in [1.165, 1.54) is 0 Å². The molecule has 35 heavy (non-hydrogen) atoms. The van der Waals surface area contributed by atoms with E-state index in [0.29, 0.717) is 12.5 Å². The van der Waals surface area contributed by atoms with Crippen LogP contribution in [0.3, 0.4) is 0 Å². The number of carbonyl (C=O) groups is 2. The molecule has 0 radical (unpaired) electrons. The Morgan fingerprint density at radius 3 is 2.23 bits per heavy atom. The number of hydrogen-bond acceptors (Lipinski definition) is 3. The van der Waals surface area contributed by atoms with Crippen LogP contribution in [0.2, 0.25) is 0 Å². The molecule has 2 aromatic rings. The van der Waals surface area contributed by atoms with Gasteiger partial charge in [0.1, 0.15) is 0 Å². The standard InChI is InChI=1S/C30H43N3O2/c1-7-27(23-13-9-8-10-14-23)30(35)33(22(4)21(2)3)20-25-19-26(17-18-28(25)32(5)6)31-29(34)24-15-11-12-16-24/h8-10,13-14,17-19,21-22,24,27H,7,11-12,15-16,20H2,1-6H3,(H,31,34)/t22-,27+/m1/s1. The average Bonchev–Trinajstić information content (AvgIpc) is 3.38. The molecule has 2 atom stereocenters. The molecule has 5 heteroatoms. The minimum Gasteiger partial charge on any atom is -0.377 e. The lowest BCUT2D eigenvalue weighted by Crippen LogP contribution is -2.43. The summed E-state index contributed by atoms with van der Waals surface area (Å²) in [7, 11) is 4.04. The lowest BCUT2D eigenvalue weighted by molar-refractivity contribution is -0.136. The minimum atomic E-state index is -0.176. The Kier molecular flexibility index (Phi) is 9.36. The summed E-state index contributed by atoms with van der Waals surface area (Å²) in [4.78, 5) is 30.9. The average molecular weight is 478 g/mol. The molecule has 2 aromatic carbocycles. The van der Waals surface area contributed by atoms with Gasteiger partial charge in [-0.25, -0.2) is 0 Å². The number of benzene rings is 2. The molecule has 5 nitrogen and oxygen atoms in total. The molecular formula is C30H43N3O2. The molecule has 0 bridgehead atoms. The van der Waals surface area contributed by atoms with Crippen molar-refractivity contribution >= 4 is 23.2 Å². The Hall–Kier alpha value is -2.82. The van der Waals surface area contributed by atoms with Gasteiger partial charge < -0.3 is 15.1 Å². The summed E-state index contributed by atoms with van der Waals surface area (Å²) in [5.74, 6) is 0.530. The predicted octanol–water partition coefficient (Wildman–Crippen LogP) is 6.45. The Bertz CT molecular complexity index is 980. The molecule has 0 spiro atoms. The summed E-state index contributed by atoms with van der Waals surface area (Å²) in [5, 5.41) is 3.14. The third kappa shape index (κ3) is 6.65. The number of hydrogen-bond donors (Lipinski definition) is 1. The topological polar surface area (TPSA) is 52.7 Å². The second-order valence-corrected chi connectivity index (χ2v) is 10.5. The Balaban J connectivity index is 1.93. The Labute approximate surface area is 211 Å². The van der Waals surface area contributed by atoms with Crippen molar-refractivity contribution in [2.24, 2.45) is 11.8 Å². The molecular weight excluding hydrogens is 434 g/mol. The second-order valence-electron chi connectivity index (χ2n) is 10.5. The summed E-state index contributed by atoms with van der Waals surface area (Å²) < 4.78 is 0. The molecule has 3 rings (SSSR count). The maximum atomic E-state index is 14.0. The van der Waals surface area contributed by atoms with Crippen LogP contribution >= 0.6 is 0 Å². The van der Waals surface area contributed by atoms with Gasteiger partial charge in [-0.1, -0.05) is 63.9 Å².